The fourth-order valence-corrected chi connectivity index (χ4v) is 2.60. The first-order valence-corrected chi connectivity index (χ1v) is 6.00. The average molecular weight is 228 g/mol. The van der Waals surface area contributed by atoms with E-state index in [1.54, 1.807) is 0 Å². The summed E-state index contributed by atoms with van der Waals surface area (Å²) in [7, 11) is 0. The first kappa shape index (κ1) is 11.7. The number of carbonyl (C=O) groups is 1. The van der Waals surface area contributed by atoms with Gasteiger partial charge in [-0.25, -0.2) is 0 Å². The van der Waals surface area contributed by atoms with Gasteiger partial charge >= 0.3 is 0 Å². The van der Waals surface area contributed by atoms with E-state index in [9.17, 15) is 4.79 Å². The second-order valence-electron chi connectivity index (χ2n) is 4.54. The van der Waals surface area contributed by atoms with Crippen molar-refractivity contribution in [3.8, 4) is 6.07 Å². The number of hydrogen-bond acceptors (Lipinski definition) is 2. The molecule has 0 aromatic heterocycles. The number of amides is 1. The van der Waals surface area contributed by atoms with Crippen LogP contribution in [0.2, 0.25) is 0 Å². The lowest BCUT2D eigenvalue weighted by molar-refractivity contribution is -0.122. The maximum absolute atomic E-state index is 11.6. The summed E-state index contributed by atoms with van der Waals surface area (Å²) in [5, 5.41) is 11.6. The van der Waals surface area contributed by atoms with Crippen LogP contribution in [0.3, 0.4) is 0 Å². The van der Waals surface area contributed by atoms with Crippen molar-refractivity contribution in [3.63, 3.8) is 0 Å². The summed E-state index contributed by atoms with van der Waals surface area (Å²) < 4.78 is 0. The zero-order chi connectivity index (χ0) is 12.1. The van der Waals surface area contributed by atoms with Crippen molar-refractivity contribution >= 4 is 5.91 Å². The number of benzene rings is 1. The monoisotopic (exact) mass is 228 g/mol. The summed E-state index contributed by atoms with van der Waals surface area (Å²) >= 11 is 0. The Labute approximate surface area is 101 Å². The molecule has 0 heterocycles. The first-order valence-electron chi connectivity index (χ1n) is 6.00. The van der Waals surface area contributed by atoms with Crippen molar-refractivity contribution in [2.45, 2.75) is 37.6 Å². The molecule has 0 spiro atoms. The molecular weight excluding hydrogens is 212 g/mol. The third-order valence-electron chi connectivity index (χ3n) is 3.40. The van der Waals surface area contributed by atoms with Crippen molar-refractivity contribution < 1.29 is 4.79 Å². The number of nitriles is 1. The molecule has 0 radical (unpaired) electrons. The topological polar surface area (TPSA) is 52.9 Å². The average Bonchev–Trinajstić information content (AvgIpc) is 2.80. The van der Waals surface area contributed by atoms with Crippen LogP contribution in [-0.4, -0.2) is 5.91 Å². The van der Waals surface area contributed by atoms with E-state index in [4.69, 9.17) is 5.26 Å². The summed E-state index contributed by atoms with van der Waals surface area (Å²) in [5.41, 5.74) is 0.915. The molecule has 3 nitrogen and oxygen atoms in total. The Morgan fingerprint density at radius 1 is 1.29 bits per heavy atom. The second kappa shape index (κ2) is 5.01. The van der Waals surface area contributed by atoms with E-state index in [0.717, 1.165) is 31.2 Å². The Bertz CT molecular complexity index is 427. The maximum Gasteiger partial charge on any atom is 0.234 e. The lowest BCUT2D eigenvalue weighted by atomic mass is 9.88. The van der Waals surface area contributed by atoms with E-state index in [1.807, 2.05) is 24.3 Å². The van der Waals surface area contributed by atoms with Crippen LogP contribution >= 0.6 is 0 Å². The zero-order valence-electron chi connectivity index (χ0n) is 9.78. The molecule has 0 bridgehead atoms. The van der Waals surface area contributed by atoms with Crippen LogP contribution in [0.1, 0.15) is 37.7 Å². The minimum atomic E-state index is -0.241. The Kier molecular flexibility index (Phi) is 3.43. The Hall–Kier alpha value is -1.82. The highest BCUT2D eigenvalue weighted by molar-refractivity contribution is 5.79. The molecule has 3 heteroatoms. The number of nitrogens with zero attached hydrogens (tertiary/aromatic N) is 1. The van der Waals surface area contributed by atoms with Gasteiger partial charge in [-0.2, -0.15) is 5.26 Å². The molecule has 1 aromatic carbocycles. The van der Waals surface area contributed by atoms with Crippen LogP contribution < -0.4 is 5.32 Å². The van der Waals surface area contributed by atoms with Gasteiger partial charge in [0, 0.05) is 0 Å². The molecule has 1 aliphatic carbocycles. The number of hydrogen-bond donors (Lipinski definition) is 1. The molecule has 1 saturated carbocycles. The fourth-order valence-electron chi connectivity index (χ4n) is 2.60. The predicted octanol–water partition coefficient (Wildman–Crippen LogP) is 2.49. The smallest absolute Gasteiger partial charge is 0.234 e. The van der Waals surface area contributed by atoms with Crippen molar-refractivity contribution in [3.05, 3.63) is 35.9 Å². The van der Waals surface area contributed by atoms with E-state index in [-0.39, 0.29) is 17.9 Å². The maximum atomic E-state index is 11.6. The summed E-state index contributed by atoms with van der Waals surface area (Å²) in [6, 6.07) is 12.0. The van der Waals surface area contributed by atoms with Gasteiger partial charge in [-0.15, -0.1) is 0 Å². The van der Waals surface area contributed by atoms with Crippen molar-refractivity contribution in [2.24, 2.45) is 0 Å². The van der Waals surface area contributed by atoms with Gasteiger partial charge in [0.05, 0.1) is 11.6 Å². The SMILES string of the molecule is N#CCC(=O)NC1(c2ccccc2)CCCC1. The lowest BCUT2D eigenvalue weighted by Crippen LogP contribution is -2.43. The fraction of sp³-hybridized carbons (Fsp3) is 0.429. The highest BCUT2D eigenvalue weighted by atomic mass is 16.1. The van der Waals surface area contributed by atoms with Gasteiger partial charge in [0.15, 0.2) is 0 Å². The molecule has 0 aliphatic heterocycles. The molecule has 0 unspecified atom stereocenters. The first-order chi connectivity index (χ1) is 8.27. The van der Waals surface area contributed by atoms with E-state index in [0.29, 0.717) is 0 Å². The highest BCUT2D eigenvalue weighted by Gasteiger charge is 2.36. The van der Waals surface area contributed by atoms with E-state index >= 15 is 0 Å². The van der Waals surface area contributed by atoms with Gasteiger partial charge in [0.2, 0.25) is 5.91 Å². The van der Waals surface area contributed by atoms with Gasteiger partial charge in [-0.3, -0.25) is 4.79 Å². The zero-order valence-corrected chi connectivity index (χ0v) is 9.78. The largest absolute Gasteiger partial charge is 0.346 e. The number of nitrogens with one attached hydrogen (secondary N) is 1. The molecule has 0 saturated heterocycles. The molecule has 1 aliphatic rings. The third kappa shape index (κ3) is 2.47. The van der Waals surface area contributed by atoms with Gasteiger partial charge in [0.25, 0.3) is 0 Å². The van der Waals surface area contributed by atoms with Gasteiger partial charge in [0.1, 0.15) is 6.42 Å². The minimum absolute atomic E-state index is 0.0609. The van der Waals surface area contributed by atoms with Crippen molar-refractivity contribution in [2.75, 3.05) is 0 Å². The molecule has 88 valence electrons. The van der Waals surface area contributed by atoms with Crippen LogP contribution in [0.15, 0.2) is 30.3 Å². The third-order valence-corrected chi connectivity index (χ3v) is 3.40. The van der Waals surface area contributed by atoms with E-state index in [1.165, 1.54) is 0 Å². The molecular formula is C14H16N2O. The summed E-state index contributed by atoms with van der Waals surface area (Å²) in [6.07, 6.45) is 4.13. The molecule has 2 rings (SSSR count). The van der Waals surface area contributed by atoms with E-state index < -0.39 is 0 Å². The van der Waals surface area contributed by atoms with Gasteiger partial charge in [-0.1, -0.05) is 43.2 Å². The van der Waals surface area contributed by atoms with Crippen LogP contribution in [0.4, 0.5) is 0 Å². The second-order valence-corrected chi connectivity index (χ2v) is 4.54. The summed E-state index contributed by atoms with van der Waals surface area (Å²) in [5.74, 6) is -0.168. The molecule has 17 heavy (non-hydrogen) atoms. The number of carbonyl (C=O) groups excluding carboxylic acids is 1. The quantitative estimate of drug-likeness (QED) is 0.864. The normalized spacial score (nSPS) is 17.4. The Morgan fingerprint density at radius 3 is 2.53 bits per heavy atom. The lowest BCUT2D eigenvalue weighted by Gasteiger charge is -2.30. The summed E-state index contributed by atoms with van der Waals surface area (Å²) in [6.45, 7) is 0. The Morgan fingerprint density at radius 2 is 1.94 bits per heavy atom. The van der Waals surface area contributed by atoms with Gasteiger partial charge < -0.3 is 5.32 Å². The number of rotatable bonds is 3. The highest BCUT2D eigenvalue weighted by Crippen LogP contribution is 2.38. The Balaban J connectivity index is 2.22. The molecule has 1 aromatic rings. The molecule has 1 amide bonds. The minimum Gasteiger partial charge on any atom is -0.346 e. The van der Waals surface area contributed by atoms with Crippen molar-refractivity contribution in [1.29, 1.82) is 5.26 Å². The van der Waals surface area contributed by atoms with Crippen LogP contribution in [-0.2, 0) is 10.3 Å². The molecule has 0 atom stereocenters. The van der Waals surface area contributed by atoms with Crippen LogP contribution in [0.25, 0.3) is 0 Å². The van der Waals surface area contributed by atoms with Crippen molar-refractivity contribution in [1.82, 2.24) is 5.32 Å². The molecule has 1 N–H and O–H groups in total. The standard InChI is InChI=1S/C14H16N2O/c15-11-8-13(17)16-14(9-4-5-10-14)12-6-2-1-3-7-12/h1-3,6-7H,4-5,8-10H2,(H,16,17). The van der Waals surface area contributed by atoms with Crippen LogP contribution in [0, 0.1) is 11.3 Å². The summed E-state index contributed by atoms with van der Waals surface area (Å²) in [4.78, 5) is 11.6. The molecule has 1 fully saturated rings. The predicted molar refractivity (Wildman–Crippen MR) is 65.0 cm³/mol. The van der Waals surface area contributed by atoms with Gasteiger partial charge in [-0.05, 0) is 18.4 Å². The van der Waals surface area contributed by atoms with Crippen LogP contribution in [0.5, 0.6) is 0 Å². The van der Waals surface area contributed by atoms with E-state index in [2.05, 4.69) is 17.4 Å².